The van der Waals surface area contributed by atoms with Crippen molar-refractivity contribution in [2.45, 2.75) is 38.1 Å². The fourth-order valence-electron chi connectivity index (χ4n) is 3.61. The number of piperazine rings is 1. The lowest BCUT2D eigenvalue weighted by Crippen LogP contribution is -2.47. The molecule has 1 saturated carbocycles. The highest BCUT2D eigenvalue weighted by Crippen LogP contribution is 2.41. The molecule has 2 nitrogen and oxygen atoms in total. The van der Waals surface area contributed by atoms with E-state index in [0.717, 1.165) is 19.0 Å². The van der Waals surface area contributed by atoms with Crippen molar-refractivity contribution in [2.75, 3.05) is 26.2 Å². The van der Waals surface area contributed by atoms with E-state index in [2.05, 4.69) is 38.3 Å². The third kappa shape index (κ3) is 5.08. The summed E-state index contributed by atoms with van der Waals surface area (Å²) in [5, 5.41) is 3.48. The molecule has 0 bridgehead atoms. The van der Waals surface area contributed by atoms with Crippen LogP contribution in [-0.4, -0.2) is 31.1 Å². The Morgan fingerprint density at radius 2 is 1.76 bits per heavy atom. The predicted octanol–water partition coefficient (Wildman–Crippen LogP) is 4.88. The van der Waals surface area contributed by atoms with Crippen molar-refractivity contribution in [1.82, 2.24) is 10.2 Å². The molecule has 3 rings (SSSR count). The zero-order chi connectivity index (χ0) is 13.1. The number of nitrogens with zero attached hydrogens (tertiary/aromatic N) is 1. The molecule has 0 radical (unpaired) electrons. The number of halogens is 3. The first-order valence-corrected chi connectivity index (χ1v) is 9.15. The molecule has 0 amide bonds. The van der Waals surface area contributed by atoms with Gasteiger partial charge in [-0.15, -0.1) is 36.2 Å². The maximum atomic E-state index is 3.64. The van der Waals surface area contributed by atoms with Crippen LogP contribution in [0.5, 0.6) is 0 Å². The van der Waals surface area contributed by atoms with E-state index in [1.54, 1.807) is 4.88 Å². The molecule has 6 heteroatoms. The second-order valence-corrected chi connectivity index (χ2v) is 8.27. The summed E-state index contributed by atoms with van der Waals surface area (Å²) < 4.78 is 1.28. The van der Waals surface area contributed by atoms with Crippen LogP contribution in [0.3, 0.4) is 0 Å². The maximum absolute atomic E-state index is 3.64. The van der Waals surface area contributed by atoms with Gasteiger partial charge in [0.15, 0.2) is 0 Å². The van der Waals surface area contributed by atoms with Crippen LogP contribution in [-0.2, 0) is 0 Å². The number of thiophene rings is 1. The van der Waals surface area contributed by atoms with E-state index in [9.17, 15) is 0 Å². The molecule has 21 heavy (non-hydrogen) atoms. The van der Waals surface area contributed by atoms with Crippen LogP contribution < -0.4 is 5.32 Å². The monoisotopic (exact) mass is 414 g/mol. The average Bonchev–Trinajstić information content (AvgIpc) is 2.88. The van der Waals surface area contributed by atoms with Gasteiger partial charge in [-0.1, -0.05) is 19.3 Å². The molecule has 2 aliphatic rings. The van der Waals surface area contributed by atoms with Crippen LogP contribution in [0.15, 0.2) is 15.9 Å². The van der Waals surface area contributed by atoms with Gasteiger partial charge < -0.3 is 5.32 Å². The molecule has 1 N–H and O–H groups in total. The molecule has 1 aliphatic carbocycles. The van der Waals surface area contributed by atoms with Gasteiger partial charge >= 0.3 is 0 Å². The summed E-state index contributed by atoms with van der Waals surface area (Å²) in [5.74, 6) is 0.873. The molecule has 1 saturated heterocycles. The van der Waals surface area contributed by atoms with E-state index in [0.29, 0.717) is 6.04 Å². The smallest absolute Gasteiger partial charge is 0.0701 e. The largest absolute Gasteiger partial charge is 0.314 e. The lowest BCUT2D eigenvalue weighted by Gasteiger charge is -2.40. The number of nitrogens with one attached hydrogen (secondary N) is 1. The quantitative estimate of drug-likeness (QED) is 0.756. The number of hydrogen-bond donors (Lipinski definition) is 1. The number of hydrogen-bond acceptors (Lipinski definition) is 3. The zero-order valence-electron chi connectivity index (χ0n) is 12.2. The summed E-state index contributed by atoms with van der Waals surface area (Å²) in [6.07, 6.45) is 7.15. The third-order valence-corrected chi connectivity index (χ3v) is 6.22. The molecule has 0 unspecified atom stereocenters. The SMILES string of the molecule is Brc1ccc([C@@H](C2CCCCC2)N2CCNCC2)s1.Cl.Cl. The van der Waals surface area contributed by atoms with Crippen molar-refractivity contribution < 1.29 is 0 Å². The highest BCUT2D eigenvalue weighted by molar-refractivity contribution is 9.11. The van der Waals surface area contributed by atoms with Crippen molar-refractivity contribution in [3.05, 3.63) is 20.8 Å². The van der Waals surface area contributed by atoms with Crippen LogP contribution in [0.1, 0.15) is 43.0 Å². The van der Waals surface area contributed by atoms with E-state index in [1.807, 2.05) is 11.3 Å². The van der Waals surface area contributed by atoms with E-state index < -0.39 is 0 Å². The van der Waals surface area contributed by atoms with Gasteiger partial charge in [0.25, 0.3) is 0 Å². The average molecular weight is 416 g/mol. The molecule has 1 atom stereocenters. The summed E-state index contributed by atoms with van der Waals surface area (Å²) in [7, 11) is 0. The first kappa shape index (κ1) is 19.7. The minimum atomic E-state index is 0. The van der Waals surface area contributed by atoms with Crippen molar-refractivity contribution in [3.63, 3.8) is 0 Å². The van der Waals surface area contributed by atoms with Gasteiger partial charge in [0.05, 0.1) is 3.79 Å². The Morgan fingerprint density at radius 1 is 1.10 bits per heavy atom. The van der Waals surface area contributed by atoms with Crippen LogP contribution >= 0.6 is 52.1 Å². The minimum Gasteiger partial charge on any atom is -0.314 e. The molecular weight excluding hydrogens is 391 g/mol. The van der Waals surface area contributed by atoms with Gasteiger partial charge in [-0.3, -0.25) is 4.90 Å². The summed E-state index contributed by atoms with van der Waals surface area (Å²) >= 11 is 5.57. The summed E-state index contributed by atoms with van der Waals surface area (Å²) in [6, 6.07) is 5.23. The van der Waals surface area contributed by atoms with Crippen molar-refractivity contribution in [3.8, 4) is 0 Å². The second-order valence-electron chi connectivity index (χ2n) is 5.77. The van der Waals surface area contributed by atoms with Crippen molar-refractivity contribution in [2.24, 2.45) is 5.92 Å². The Balaban J connectivity index is 0.00000110. The first-order chi connectivity index (χ1) is 9.34. The lowest BCUT2D eigenvalue weighted by molar-refractivity contribution is 0.106. The normalized spacial score (nSPS) is 22.1. The highest BCUT2D eigenvalue weighted by Gasteiger charge is 2.31. The molecule has 2 heterocycles. The Morgan fingerprint density at radius 3 is 2.33 bits per heavy atom. The van der Waals surface area contributed by atoms with Crippen LogP contribution in [0.25, 0.3) is 0 Å². The minimum absolute atomic E-state index is 0. The van der Waals surface area contributed by atoms with Gasteiger partial charge in [0.1, 0.15) is 0 Å². The Bertz CT molecular complexity index is 386. The predicted molar refractivity (Wildman–Crippen MR) is 100 cm³/mol. The molecule has 2 fully saturated rings. The molecule has 0 aromatic carbocycles. The second kappa shape index (κ2) is 9.74. The van der Waals surface area contributed by atoms with Gasteiger partial charge in [-0.25, -0.2) is 0 Å². The Hall–Kier alpha value is 0.680. The molecule has 1 aromatic rings. The summed E-state index contributed by atoms with van der Waals surface area (Å²) in [4.78, 5) is 4.30. The zero-order valence-corrected chi connectivity index (χ0v) is 16.3. The van der Waals surface area contributed by atoms with Gasteiger partial charge in [-0.05, 0) is 46.8 Å². The summed E-state index contributed by atoms with van der Waals surface area (Å²) in [5.41, 5.74) is 0. The third-order valence-electron chi connectivity index (χ3n) is 4.53. The molecular formula is C15H25BrCl2N2S. The fraction of sp³-hybridized carbons (Fsp3) is 0.733. The molecule has 122 valence electrons. The van der Waals surface area contributed by atoms with E-state index in [4.69, 9.17) is 0 Å². The van der Waals surface area contributed by atoms with Crippen molar-refractivity contribution >= 4 is 52.1 Å². The lowest BCUT2D eigenvalue weighted by atomic mass is 9.82. The van der Waals surface area contributed by atoms with Gasteiger partial charge in [0, 0.05) is 37.1 Å². The maximum Gasteiger partial charge on any atom is 0.0701 e. The fourth-order valence-corrected chi connectivity index (χ4v) is 5.26. The van der Waals surface area contributed by atoms with Crippen LogP contribution in [0, 0.1) is 5.92 Å². The standard InChI is InChI=1S/C15H23BrN2S.2ClH/c16-14-7-6-13(19-14)15(12-4-2-1-3-5-12)18-10-8-17-9-11-18;;/h6-7,12,15,17H,1-5,8-11H2;2*1H/t15-;;/m1../s1. The highest BCUT2D eigenvalue weighted by atomic mass is 79.9. The first-order valence-electron chi connectivity index (χ1n) is 7.54. The Labute approximate surface area is 153 Å². The summed E-state index contributed by atoms with van der Waals surface area (Å²) in [6.45, 7) is 4.71. The van der Waals surface area contributed by atoms with Gasteiger partial charge in [0.2, 0.25) is 0 Å². The van der Waals surface area contributed by atoms with Crippen molar-refractivity contribution in [1.29, 1.82) is 0 Å². The van der Waals surface area contributed by atoms with Crippen LogP contribution in [0.2, 0.25) is 0 Å². The van der Waals surface area contributed by atoms with E-state index in [-0.39, 0.29) is 24.8 Å². The van der Waals surface area contributed by atoms with E-state index in [1.165, 1.54) is 49.0 Å². The molecule has 0 spiro atoms. The number of rotatable bonds is 3. The van der Waals surface area contributed by atoms with Crippen LogP contribution in [0.4, 0.5) is 0 Å². The Kier molecular flexibility index (Phi) is 9.15. The van der Waals surface area contributed by atoms with Gasteiger partial charge in [-0.2, -0.15) is 0 Å². The molecule has 1 aromatic heterocycles. The van der Waals surface area contributed by atoms with E-state index >= 15 is 0 Å². The topological polar surface area (TPSA) is 15.3 Å². The molecule has 1 aliphatic heterocycles.